The number of benzene rings is 3. The zero-order chi connectivity index (χ0) is 30.0. The summed E-state index contributed by atoms with van der Waals surface area (Å²) in [5.41, 5.74) is 2.52. The Morgan fingerprint density at radius 1 is 1.10 bits per heavy atom. The summed E-state index contributed by atoms with van der Waals surface area (Å²) < 4.78 is 32.0. The molecule has 12 heteroatoms. The molecule has 0 spiro atoms. The summed E-state index contributed by atoms with van der Waals surface area (Å²) in [7, 11) is 3.49. The van der Waals surface area contributed by atoms with Gasteiger partial charge in [-0.25, -0.2) is 9.18 Å². The SMILES string of the molecule is COCCN(C)c1cc(Cl)c(C(=O)N2COc3c(cccc3-c3cc(N4CCOCC4)c(C(=O)O)cc3F)C2)c(Cl)c1. The zero-order valence-corrected chi connectivity index (χ0v) is 24.7. The number of anilines is 2. The fraction of sp³-hybridized carbons (Fsp3) is 0.333. The van der Waals surface area contributed by atoms with E-state index in [-0.39, 0.29) is 40.0 Å². The van der Waals surface area contributed by atoms with E-state index in [9.17, 15) is 14.7 Å². The van der Waals surface area contributed by atoms with Crippen molar-refractivity contribution in [2.75, 3.05) is 70.1 Å². The molecule has 1 amide bonds. The molecule has 1 fully saturated rings. The van der Waals surface area contributed by atoms with Crippen LogP contribution in [0.25, 0.3) is 11.1 Å². The van der Waals surface area contributed by atoms with Gasteiger partial charge >= 0.3 is 5.97 Å². The quantitative estimate of drug-likeness (QED) is 0.359. The molecular formula is C30H30Cl2FN3O6. The molecule has 3 aromatic rings. The Hall–Kier alpha value is -3.57. The molecule has 1 saturated heterocycles. The van der Waals surface area contributed by atoms with Crippen LogP contribution in [0.3, 0.4) is 0 Å². The summed E-state index contributed by atoms with van der Waals surface area (Å²) in [5, 5.41) is 10.2. The summed E-state index contributed by atoms with van der Waals surface area (Å²) in [5.74, 6) is -1.88. The number of carboxylic acid groups (broad SMARTS) is 1. The molecule has 2 aliphatic rings. The van der Waals surface area contributed by atoms with Crippen LogP contribution in [0.1, 0.15) is 26.3 Å². The average Bonchev–Trinajstić information content (AvgIpc) is 2.99. The Kier molecular flexibility index (Phi) is 9.08. The predicted molar refractivity (Wildman–Crippen MR) is 159 cm³/mol. The van der Waals surface area contributed by atoms with Gasteiger partial charge in [-0.3, -0.25) is 4.79 Å². The number of para-hydroxylation sites is 1. The molecule has 0 atom stereocenters. The summed E-state index contributed by atoms with van der Waals surface area (Å²) in [4.78, 5) is 30.8. The highest BCUT2D eigenvalue weighted by molar-refractivity contribution is 6.40. The van der Waals surface area contributed by atoms with Crippen LogP contribution in [0.4, 0.5) is 15.8 Å². The van der Waals surface area contributed by atoms with E-state index in [0.29, 0.717) is 62.0 Å². The van der Waals surface area contributed by atoms with Gasteiger partial charge < -0.3 is 34.0 Å². The van der Waals surface area contributed by atoms with Crippen molar-refractivity contribution >= 4 is 46.5 Å². The van der Waals surface area contributed by atoms with Crippen LogP contribution in [-0.2, 0) is 16.0 Å². The van der Waals surface area contributed by atoms with Crippen molar-refractivity contribution in [1.82, 2.24) is 4.90 Å². The zero-order valence-electron chi connectivity index (χ0n) is 23.2. The Balaban J connectivity index is 1.44. The lowest BCUT2D eigenvalue weighted by atomic mass is 9.97. The summed E-state index contributed by atoms with van der Waals surface area (Å²) in [6.07, 6.45) is 0. The number of methoxy groups -OCH3 is 1. The normalized spacial score (nSPS) is 14.8. The lowest BCUT2D eigenvalue weighted by Crippen LogP contribution is -2.38. The molecule has 0 unspecified atom stereocenters. The van der Waals surface area contributed by atoms with Crippen LogP contribution >= 0.6 is 23.2 Å². The number of hydrogen-bond donors (Lipinski definition) is 1. The highest BCUT2D eigenvalue weighted by Gasteiger charge is 2.30. The molecule has 2 heterocycles. The van der Waals surface area contributed by atoms with E-state index < -0.39 is 17.7 Å². The van der Waals surface area contributed by atoms with Gasteiger partial charge in [0.25, 0.3) is 5.91 Å². The Morgan fingerprint density at radius 2 is 1.81 bits per heavy atom. The number of likely N-dealkylation sites (N-methyl/N-ethyl adjacent to an activating group) is 1. The van der Waals surface area contributed by atoms with Gasteiger partial charge in [-0.05, 0) is 24.3 Å². The van der Waals surface area contributed by atoms with Crippen LogP contribution in [-0.4, -0.2) is 82.2 Å². The van der Waals surface area contributed by atoms with Crippen molar-refractivity contribution in [3.8, 4) is 16.9 Å². The maximum absolute atomic E-state index is 15.4. The van der Waals surface area contributed by atoms with E-state index >= 15 is 4.39 Å². The van der Waals surface area contributed by atoms with E-state index in [1.54, 1.807) is 43.5 Å². The second-order valence-corrected chi connectivity index (χ2v) is 10.8. The minimum absolute atomic E-state index is 0.115. The van der Waals surface area contributed by atoms with Crippen LogP contribution in [0.2, 0.25) is 10.0 Å². The highest BCUT2D eigenvalue weighted by Crippen LogP contribution is 2.41. The van der Waals surface area contributed by atoms with Crippen molar-refractivity contribution in [2.24, 2.45) is 0 Å². The number of aromatic carboxylic acids is 1. The van der Waals surface area contributed by atoms with Crippen molar-refractivity contribution in [1.29, 1.82) is 0 Å². The van der Waals surface area contributed by atoms with Gasteiger partial charge in [0.15, 0.2) is 6.73 Å². The third-order valence-corrected chi connectivity index (χ3v) is 7.98. The van der Waals surface area contributed by atoms with E-state index in [0.717, 1.165) is 11.8 Å². The monoisotopic (exact) mass is 617 g/mol. The lowest BCUT2D eigenvalue weighted by Gasteiger charge is -2.32. The number of carboxylic acids is 1. The number of nitrogens with zero attached hydrogens (tertiary/aromatic N) is 3. The third-order valence-electron chi connectivity index (χ3n) is 7.38. The van der Waals surface area contributed by atoms with Gasteiger partial charge in [-0.15, -0.1) is 0 Å². The first-order valence-electron chi connectivity index (χ1n) is 13.3. The van der Waals surface area contributed by atoms with E-state index in [4.69, 9.17) is 37.4 Å². The van der Waals surface area contributed by atoms with Crippen LogP contribution in [0.5, 0.6) is 5.75 Å². The summed E-state index contributed by atoms with van der Waals surface area (Å²) in [6.45, 7) is 3.06. The van der Waals surface area contributed by atoms with Gasteiger partial charge in [0.1, 0.15) is 11.6 Å². The topological polar surface area (TPSA) is 91.8 Å². The number of morpholine rings is 1. The maximum atomic E-state index is 15.4. The number of rotatable bonds is 8. The Morgan fingerprint density at radius 3 is 2.48 bits per heavy atom. The Bertz CT molecular complexity index is 1490. The van der Waals surface area contributed by atoms with E-state index in [2.05, 4.69) is 0 Å². The van der Waals surface area contributed by atoms with E-state index in [1.807, 2.05) is 16.8 Å². The number of fused-ring (bicyclic) bond motifs is 1. The van der Waals surface area contributed by atoms with Gasteiger partial charge in [-0.1, -0.05) is 41.4 Å². The minimum atomic E-state index is -1.21. The largest absolute Gasteiger partial charge is 0.478 e. The fourth-order valence-electron chi connectivity index (χ4n) is 5.12. The van der Waals surface area contributed by atoms with E-state index in [1.165, 1.54) is 4.90 Å². The van der Waals surface area contributed by atoms with Crippen LogP contribution in [0.15, 0.2) is 42.5 Å². The second-order valence-electron chi connectivity index (χ2n) is 10.0. The van der Waals surface area contributed by atoms with Crippen molar-refractivity contribution < 1.29 is 33.3 Å². The van der Waals surface area contributed by atoms with Crippen molar-refractivity contribution in [2.45, 2.75) is 6.54 Å². The Labute approximate surface area is 252 Å². The number of hydrogen-bond acceptors (Lipinski definition) is 7. The van der Waals surface area contributed by atoms with Crippen LogP contribution in [0, 0.1) is 5.82 Å². The molecular weight excluding hydrogens is 588 g/mol. The van der Waals surface area contributed by atoms with Gasteiger partial charge in [-0.2, -0.15) is 0 Å². The average molecular weight is 618 g/mol. The third kappa shape index (κ3) is 5.98. The molecule has 0 aliphatic carbocycles. The highest BCUT2D eigenvalue weighted by atomic mass is 35.5. The molecule has 2 aliphatic heterocycles. The van der Waals surface area contributed by atoms with Crippen molar-refractivity contribution in [3.63, 3.8) is 0 Å². The molecule has 1 N–H and O–H groups in total. The standard InChI is InChI=1S/C30H30Cl2FN3O6/c1-34(6-9-40-2)19-12-23(31)27(24(32)13-19)29(37)36-16-18-4-3-5-20(28(18)42-17-36)21-15-26(35-7-10-41-11-8-35)22(30(38)39)14-25(21)33/h3-5,12-15H,6-11,16-17H2,1-2H3,(H,38,39). The molecule has 0 aromatic heterocycles. The molecule has 0 bridgehead atoms. The predicted octanol–water partition coefficient (Wildman–Crippen LogP) is 5.41. The van der Waals surface area contributed by atoms with Gasteiger partial charge in [0, 0.05) is 56.2 Å². The van der Waals surface area contributed by atoms with Gasteiger partial charge in [0.2, 0.25) is 0 Å². The van der Waals surface area contributed by atoms with Crippen LogP contribution < -0.4 is 14.5 Å². The first-order valence-corrected chi connectivity index (χ1v) is 14.1. The molecule has 0 saturated carbocycles. The maximum Gasteiger partial charge on any atom is 0.337 e. The first-order chi connectivity index (χ1) is 20.2. The summed E-state index contributed by atoms with van der Waals surface area (Å²) >= 11 is 13.1. The van der Waals surface area contributed by atoms with Crippen molar-refractivity contribution in [3.05, 3.63) is 75.0 Å². The number of carbonyl (C=O) groups is 2. The molecule has 42 heavy (non-hydrogen) atoms. The number of amides is 1. The molecule has 0 radical (unpaired) electrons. The smallest absolute Gasteiger partial charge is 0.337 e. The molecule has 3 aromatic carbocycles. The summed E-state index contributed by atoms with van der Waals surface area (Å²) in [6, 6.07) is 11.2. The molecule has 9 nitrogen and oxygen atoms in total. The number of carbonyl (C=O) groups excluding carboxylic acids is 1. The molecule has 222 valence electrons. The number of ether oxygens (including phenoxy) is 3. The first kappa shape index (κ1) is 29.9. The van der Waals surface area contributed by atoms with Gasteiger partial charge in [0.05, 0.1) is 53.2 Å². The number of halogens is 3. The molecule has 5 rings (SSSR count). The minimum Gasteiger partial charge on any atom is -0.478 e. The lowest BCUT2D eigenvalue weighted by molar-refractivity contribution is 0.0516. The fourth-order valence-corrected chi connectivity index (χ4v) is 5.76. The second kappa shape index (κ2) is 12.7.